The number of methoxy groups -OCH3 is 2. The Hall–Kier alpha value is -3.29. The highest BCUT2D eigenvalue weighted by Gasteiger charge is 2.33. The van der Waals surface area contributed by atoms with E-state index in [9.17, 15) is 8.42 Å². The van der Waals surface area contributed by atoms with Gasteiger partial charge in [0.1, 0.15) is 23.0 Å². The molecule has 0 N–H and O–H groups in total. The van der Waals surface area contributed by atoms with Crippen molar-refractivity contribution in [3.05, 3.63) is 59.8 Å². The Morgan fingerprint density at radius 1 is 0.974 bits per heavy atom. The van der Waals surface area contributed by atoms with Crippen LogP contribution in [0.4, 0.5) is 5.95 Å². The molecule has 3 aromatic heterocycles. The molecule has 4 rings (SSSR count). The van der Waals surface area contributed by atoms with Crippen molar-refractivity contribution in [3.8, 4) is 28.8 Å². The van der Waals surface area contributed by atoms with Gasteiger partial charge in [0.25, 0.3) is 0 Å². The minimum atomic E-state index is -3.93. The van der Waals surface area contributed by atoms with E-state index in [1.54, 1.807) is 34.9 Å². The first kappa shape index (κ1) is 28.7. The normalized spacial score (nSPS) is 12.4. The zero-order valence-electron chi connectivity index (χ0n) is 22.4. The maximum Gasteiger partial charge on any atom is 0.246 e. The summed E-state index contributed by atoms with van der Waals surface area (Å²) in [5, 5.41) is 9.12. The van der Waals surface area contributed by atoms with Gasteiger partial charge in [-0.15, -0.1) is 10.2 Å². The lowest BCUT2D eigenvalue weighted by molar-refractivity contribution is 0.391. The van der Waals surface area contributed by atoms with E-state index in [-0.39, 0.29) is 24.7 Å². The quantitative estimate of drug-likeness (QED) is 0.239. The van der Waals surface area contributed by atoms with Gasteiger partial charge in [-0.25, -0.2) is 32.7 Å². The minimum absolute atomic E-state index is 0.0878. The highest BCUT2D eigenvalue weighted by atomic mass is 35.5. The SMILES string of the molecule is COc1cccc(OC)c1-n1c(-c2ccco2)nnc1N(CCS(C)(C)C)S(=O)(=O)CCc1ncc(Cl)cn1. The Kier molecular flexibility index (Phi) is 8.72. The van der Waals surface area contributed by atoms with Crippen LogP contribution in [0, 0.1) is 0 Å². The first-order valence-electron chi connectivity index (χ1n) is 11.9. The number of furan rings is 1. The van der Waals surface area contributed by atoms with Gasteiger partial charge in [-0.1, -0.05) is 17.7 Å². The molecule has 0 spiro atoms. The Bertz CT molecular complexity index is 1480. The number of benzene rings is 1. The van der Waals surface area contributed by atoms with E-state index in [4.69, 9.17) is 25.5 Å². The molecule has 0 saturated heterocycles. The first-order chi connectivity index (χ1) is 18.5. The second-order valence-corrected chi connectivity index (χ2v) is 16.4. The maximum absolute atomic E-state index is 14.0. The third kappa shape index (κ3) is 6.65. The van der Waals surface area contributed by atoms with Gasteiger partial charge in [0, 0.05) is 25.4 Å². The van der Waals surface area contributed by atoms with Crippen molar-refractivity contribution in [2.45, 2.75) is 6.42 Å². The topological polar surface area (TPSA) is 125 Å². The van der Waals surface area contributed by atoms with Crippen LogP contribution < -0.4 is 13.8 Å². The molecule has 0 aliphatic heterocycles. The summed E-state index contributed by atoms with van der Waals surface area (Å²) in [6.07, 6.45) is 10.9. The van der Waals surface area contributed by atoms with Gasteiger partial charge >= 0.3 is 0 Å². The van der Waals surface area contributed by atoms with Crippen molar-refractivity contribution in [2.24, 2.45) is 0 Å². The van der Waals surface area contributed by atoms with E-state index in [1.807, 2.05) is 0 Å². The first-order valence-corrected chi connectivity index (χ1v) is 16.9. The van der Waals surface area contributed by atoms with Gasteiger partial charge in [0.05, 0.1) is 31.3 Å². The number of rotatable bonds is 12. The van der Waals surface area contributed by atoms with Crippen molar-refractivity contribution in [1.29, 1.82) is 0 Å². The van der Waals surface area contributed by atoms with Crippen LogP contribution in [0.25, 0.3) is 17.3 Å². The monoisotopic (exact) mass is 594 g/mol. The second kappa shape index (κ2) is 11.8. The molecule has 0 aliphatic carbocycles. The minimum Gasteiger partial charge on any atom is -0.494 e. The molecule has 4 aromatic rings. The number of aromatic nitrogens is 5. The summed E-state index contributed by atoms with van der Waals surface area (Å²) in [4.78, 5) is 8.29. The highest BCUT2D eigenvalue weighted by Crippen LogP contribution is 2.40. The van der Waals surface area contributed by atoms with Crippen LogP contribution in [-0.4, -0.2) is 84.2 Å². The molecule has 0 aliphatic rings. The van der Waals surface area contributed by atoms with E-state index >= 15 is 0 Å². The summed E-state index contributed by atoms with van der Waals surface area (Å²) in [6, 6.07) is 8.73. The zero-order chi connectivity index (χ0) is 28.2. The Labute approximate surface area is 234 Å². The highest BCUT2D eigenvalue weighted by molar-refractivity contribution is 8.32. The van der Waals surface area contributed by atoms with Crippen molar-refractivity contribution in [1.82, 2.24) is 24.7 Å². The summed E-state index contributed by atoms with van der Waals surface area (Å²) < 4.78 is 47.8. The fraction of sp³-hybridized carbons (Fsp3) is 0.360. The number of anilines is 1. The van der Waals surface area contributed by atoms with E-state index in [1.165, 1.54) is 37.2 Å². The standard InChI is InChI=1S/C25H31ClN6O5S2/c1-35-19-8-6-9-20(36-2)23(19)32-24(21-10-7-13-37-21)29-30-25(32)31(12-15-38(3,4)5)39(33,34)14-11-22-27-16-18(26)17-28-22/h6-10,13,16-17H,11-12,14-15H2,1-5H3. The molecule has 3 heterocycles. The van der Waals surface area contributed by atoms with Crippen molar-refractivity contribution in [3.63, 3.8) is 0 Å². The smallest absolute Gasteiger partial charge is 0.246 e. The number of ether oxygens (including phenoxy) is 2. The predicted octanol–water partition coefficient (Wildman–Crippen LogP) is 4.06. The maximum atomic E-state index is 14.0. The lowest BCUT2D eigenvalue weighted by Crippen LogP contribution is -2.38. The average Bonchev–Trinajstić information content (AvgIpc) is 3.57. The fourth-order valence-corrected chi connectivity index (χ4v) is 6.12. The van der Waals surface area contributed by atoms with Crippen LogP contribution in [0.3, 0.4) is 0 Å². The van der Waals surface area contributed by atoms with E-state index in [0.717, 1.165) is 0 Å². The van der Waals surface area contributed by atoms with Crippen LogP contribution in [0.5, 0.6) is 11.5 Å². The lowest BCUT2D eigenvalue weighted by Gasteiger charge is -2.30. The summed E-state index contributed by atoms with van der Waals surface area (Å²) in [5.41, 5.74) is 0.443. The molecular weight excluding hydrogens is 564 g/mol. The van der Waals surface area contributed by atoms with Gasteiger partial charge in [0.2, 0.25) is 21.8 Å². The molecule has 0 bridgehead atoms. The molecule has 210 valence electrons. The molecule has 14 heteroatoms. The Morgan fingerprint density at radius 3 is 2.21 bits per heavy atom. The van der Waals surface area contributed by atoms with Gasteiger partial charge < -0.3 is 13.9 Å². The number of aryl methyl sites for hydroxylation is 1. The number of para-hydroxylation sites is 1. The second-order valence-electron chi connectivity index (χ2n) is 9.40. The van der Waals surface area contributed by atoms with Crippen LogP contribution in [0.2, 0.25) is 5.02 Å². The lowest BCUT2D eigenvalue weighted by atomic mass is 10.2. The fourth-order valence-electron chi connectivity index (χ4n) is 3.78. The number of sulfonamides is 1. The van der Waals surface area contributed by atoms with Gasteiger partial charge in [-0.2, -0.15) is 0 Å². The largest absolute Gasteiger partial charge is 0.494 e. The van der Waals surface area contributed by atoms with Crippen LogP contribution >= 0.6 is 21.6 Å². The Morgan fingerprint density at radius 2 is 1.64 bits per heavy atom. The van der Waals surface area contributed by atoms with Crippen molar-refractivity contribution < 1.29 is 22.3 Å². The molecule has 1 aromatic carbocycles. The molecule has 0 fully saturated rings. The molecule has 0 saturated carbocycles. The summed E-state index contributed by atoms with van der Waals surface area (Å²) in [7, 11) is -1.95. The van der Waals surface area contributed by atoms with Crippen LogP contribution in [0.15, 0.2) is 53.4 Å². The number of hydrogen-bond donors (Lipinski definition) is 0. The van der Waals surface area contributed by atoms with Gasteiger partial charge in [0.15, 0.2) is 5.76 Å². The summed E-state index contributed by atoms with van der Waals surface area (Å²) in [6.45, 7) is 0.191. The summed E-state index contributed by atoms with van der Waals surface area (Å²) >= 11 is 5.89. The molecule has 0 amide bonds. The van der Waals surface area contributed by atoms with Crippen molar-refractivity contribution in [2.75, 3.05) is 55.3 Å². The average molecular weight is 595 g/mol. The van der Waals surface area contributed by atoms with Gasteiger partial charge in [-0.05, 0) is 48.8 Å². The molecule has 11 nitrogen and oxygen atoms in total. The van der Waals surface area contributed by atoms with E-state index in [2.05, 4.69) is 38.9 Å². The molecule has 0 unspecified atom stereocenters. The van der Waals surface area contributed by atoms with E-state index < -0.39 is 20.1 Å². The molecule has 0 radical (unpaired) electrons. The molecular formula is C25H31ClN6O5S2. The van der Waals surface area contributed by atoms with Crippen molar-refractivity contribution >= 4 is 37.6 Å². The number of nitrogens with zero attached hydrogens (tertiary/aromatic N) is 6. The Balaban J connectivity index is 1.88. The number of halogens is 1. The van der Waals surface area contributed by atoms with Crippen LogP contribution in [0.1, 0.15) is 5.82 Å². The summed E-state index contributed by atoms with van der Waals surface area (Å²) in [5.74, 6) is 2.42. The molecule has 39 heavy (non-hydrogen) atoms. The van der Waals surface area contributed by atoms with E-state index in [0.29, 0.717) is 45.4 Å². The third-order valence-corrected chi connectivity index (χ3v) is 9.08. The predicted molar refractivity (Wildman–Crippen MR) is 154 cm³/mol. The third-order valence-electron chi connectivity index (χ3n) is 5.74. The van der Waals surface area contributed by atoms with Crippen LogP contribution in [-0.2, 0) is 16.4 Å². The zero-order valence-corrected chi connectivity index (χ0v) is 24.8. The molecule has 0 atom stereocenters. The number of hydrogen-bond acceptors (Lipinski definition) is 9. The van der Waals surface area contributed by atoms with Gasteiger partial charge in [-0.3, -0.25) is 4.57 Å².